The lowest BCUT2D eigenvalue weighted by Gasteiger charge is -2.30. The van der Waals surface area contributed by atoms with E-state index in [1.165, 1.54) is 11.0 Å². The van der Waals surface area contributed by atoms with Crippen molar-refractivity contribution in [3.63, 3.8) is 0 Å². The molecule has 1 heterocycles. The van der Waals surface area contributed by atoms with Crippen molar-refractivity contribution in [3.8, 4) is 5.75 Å². The number of halogens is 2. The number of carbonyl (C=O) groups is 2. The van der Waals surface area contributed by atoms with E-state index in [1.54, 1.807) is 32.2 Å². The van der Waals surface area contributed by atoms with E-state index in [1.807, 2.05) is 0 Å². The second-order valence-corrected chi connectivity index (χ2v) is 6.14. The lowest BCUT2D eigenvalue weighted by Crippen LogP contribution is -2.41. The van der Waals surface area contributed by atoms with Crippen LogP contribution < -0.4 is 15.0 Å². The fourth-order valence-corrected chi connectivity index (χ4v) is 2.77. The Morgan fingerprint density at radius 2 is 1.96 bits per heavy atom. The Balaban J connectivity index is 1.64. The average Bonchev–Trinajstić information content (AvgIpc) is 2.61. The Kier molecular flexibility index (Phi) is 4.88. The normalized spacial score (nSPS) is 16.1. The molecular weight excluding hydrogens is 342 g/mol. The molecule has 1 aliphatic heterocycles. The van der Waals surface area contributed by atoms with Crippen molar-refractivity contribution in [2.75, 3.05) is 17.3 Å². The van der Waals surface area contributed by atoms with Crippen molar-refractivity contribution >= 4 is 23.2 Å². The maximum Gasteiger partial charge on any atom is 0.267 e. The molecule has 0 radical (unpaired) electrons. The molecule has 1 atom stereocenters. The highest BCUT2D eigenvalue weighted by Crippen LogP contribution is 2.35. The summed E-state index contributed by atoms with van der Waals surface area (Å²) in [6.07, 6.45) is -0.152. The zero-order chi connectivity index (χ0) is 18.8. The van der Waals surface area contributed by atoms with Crippen LogP contribution in [-0.2, 0) is 16.0 Å². The Labute approximate surface area is 149 Å². The predicted octanol–water partition coefficient (Wildman–Crippen LogP) is 3.28. The summed E-state index contributed by atoms with van der Waals surface area (Å²) in [4.78, 5) is 25.6. The number of benzene rings is 2. The van der Waals surface area contributed by atoms with Gasteiger partial charge in [0, 0.05) is 19.2 Å². The van der Waals surface area contributed by atoms with E-state index < -0.39 is 17.7 Å². The second-order valence-electron chi connectivity index (χ2n) is 6.14. The summed E-state index contributed by atoms with van der Waals surface area (Å²) in [5.41, 5.74) is 1.64. The number of likely N-dealkylation sites (N-methyl/N-ethyl adjacent to an activating group) is 1. The Bertz CT molecular complexity index is 870. The molecule has 1 aliphatic rings. The van der Waals surface area contributed by atoms with Crippen molar-refractivity contribution in [2.45, 2.75) is 25.9 Å². The minimum atomic E-state index is -0.931. The first kappa shape index (κ1) is 17.8. The largest absolute Gasteiger partial charge is 0.479 e. The van der Waals surface area contributed by atoms with E-state index in [2.05, 4.69) is 5.32 Å². The van der Waals surface area contributed by atoms with Crippen LogP contribution in [-0.4, -0.2) is 25.0 Å². The van der Waals surface area contributed by atoms with Gasteiger partial charge in [-0.2, -0.15) is 0 Å². The summed E-state index contributed by atoms with van der Waals surface area (Å²) >= 11 is 0. The number of nitrogens with zero attached hydrogens (tertiary/aromatic N) is 1. The molecule has 136 valence electrons. The number of anilines is 2. The molecule has 5 nitrogen and oxygen atoms in total. The highest BCUT2D eigenvalue weighted by Gasteiger charge is 2.29. The van der Waals surface area contributed by atoms with Gasteiger partial charge in [-0.3, -0.25) is 9.59 Å². The third kappa shape index (κ3) is 3.66. The molecule has 2 aromatic carbocycles. The van der Waals surface area contributed by atoms with Gasteiger partial charge in [0.2, 0.25) is 5.91 Å². The van der Waals surface area contributed by atoms with Gasteiger partial charge in [-0.25, -0.2) is 8.78 Å². The number of ether oxygens (including phenoxy) is 1. The van der Waals surface area contributed by atoms with Crippen LogP contribution in [0, 0.1) is 11.6 Å². The summed E-state index contributed by atoms with van der Waals surface area (Å²) in [5.74, 6) is -1.71. The lowest BCUT2D eigenvalue weighted by atomic mass is 10.1. The molecule has 1 N–H and O–H groups in total. The molecule has 3 rings (SSSR count). The number of hydrogen-bond donors (Lipinski definition) is 1. The number of rotatable bonds is 4. The molecule has 0 aliphatic carbocycles. The minimum Gasteiger partial charge on any atom is -0.479 e. The number of hydrogen-bond acceptors (Lipinski definition) is 3. The smallest absolute Gasteiger partial charge is 0.267 e. The molecule has 0 saturated carbocycles. The SMILES string of the molecule is CC1Oc2ccc(NC(=O)CCc3ccc(F)c(F)c3)cc2N(C)C1=O. The van der Waals surface area contributed by atoms with Crippen LogP contribution in [0.1, 0.15) is 18.9 Å². The van der Waals surface area contributed by atoms with Crippen LogP contribution in [0.4, 0.5) is 20.2 Å². The number of aryl methyl sites for hydroxylation is 1. The highest BCUT2D eigenvalue weighted by molar-refractivity contribution is 6.00. The Hall–Kier alpha value is -2.96. The first-order valence-electron chi connectivity index (χ1n) is 8.17. The second kappa shape index (κ2) is 7.11. The molecule has 0 fully saturated rings. The maximum absolute atomic E-state index is 13.2. The lowest BCUT2D eigenvalue weighted by molar-refractivity contribution is -0.125. The van der Waals surface area contributed by atoms with Gasteiger partial charge in [0.25, 0.3) is 5.91 Å². The van der Waals surface area contributed by atoms with E-state index in [0.29, 0.717) is 22.7 Å². The first-order chi connectivity index (χ1) is 12.3. The van der Waals surface area contributed by atoms with Crippen molar-refractivity contribution in [1.82, 2.24) is 0 Å². The fourth-order valence-electron chi connectivity index (χ4n) is 2.77. The standard InChI is InChI=1S/C19H18F2N2O3/c1-11-19(25)23(2)16-10-13(5-7-17(16)26-11)22-18(24)8-4-12-3-6-14(20)15(21)9-12/h3,5-7,9-11H,4,8H2,1-2H3,(H,22,24). The molecule has 1 unspecified atom stereocenters. The molecule has 0 bridgehead atoms. The first-order valence-corrected chi connectivity index (χ1v) is 8.17. The zero-order valence-electron chi connectivity index (χ0n) is 14.4. The molecular formula is C19H18F2N2O3. The van der Waals surface area contributed by atoms with Gasteiger partial charge in [0.1, 0.15) is 5.75 Å². The highest BCUT2D eigenvalue weighted by atomic mass is 19.2. The monoisotopic (exact) mass is 360 g/mol. The van der Waals surface area contributed by atoms with Crippen LogP contribution >= 0.6 is 0 Å². The van der Waals surface area contributed by atoms with E-state index in [4.69, 9.17) is 4.74 Å². The van der Waals surface area contributed by atoms with E-state index in [-0.39, 0.29) is 24.7 Å². The van der Waals surface area contributed by atoms with Gasteiger partial charge in [-0.05, 0) is 49.2 Å². The summed E-state index contributed by atoms with van der Waals surface area (Å²) in [7, 11) is 1.65. The number of carbonyl (C=O) groups excluding carboxylic acids is 2. The zero-order valence-corrected chi connectivity index (χ0v) is 14.4. The third-order valence-corrected chi connectivity index (χ3v) is 4.21. The Morgan fingerprint density at radius 1 is 1.19 bits per heavy atom. The third-order valence-electron chi connectivity index (χ3n) is 4.21. The van der Waals surface area contributed by atoms with Crippen molar-refractivity contribution < 1.29 is 23.1 Å². The number of amides is 2. The van der Waals surface area contributed by atoms with Gasteiger partial charge >= 0.3 is 0 Å². The van der Waals surface area contributed by atoms with Gasteiger partial charge in [0.05, 0.1) is 5.69 Å². The van der Waals surface area contributed by atoms with E-state index in [9.17, 15) is 18.4 Å². The predicted molar refractivity (Wildman–Crippen MR) is 93.3 cm³/mol. The number of nitrogens with one attached hydrogen (secondary N) is 1. The molecule has 0 saturated heterocycles. The summed E-state index contributed by atoms with van der Waals surface area (Å²) < 4.78 is 31.6. The van der Waals surface area contributed by atoms with Crippen molar-refractivity contribution in [3.05, 3.63) is 53.6 Å². The number of fused-ring (bicyclic) bond motifs is 1. The molecule has 0 spiro atoms. The molecule has 2 aromatic rings. The summed E-state index contributed by atoms with van der Waals surface area (Å²) in [6, 6.07) is 8.61. The van der Waals surface area contributed by atoms with Gasteiger partial charge < -0.3 is 15.0 Å². The molecule has 0 aromatic heterocycles. The van der Waals surface area contributed by atoms with Crippen LogP contribution in [0.15, 0.2) is 36.4 Å². The minimum absolute atomic E-state index is 0.116. The molecule has 26 heavy (non-hydrogen) atoms. The van der Waals surface area contributed by atoms with Gasteiger partial charge in [-0.1, -0.05) is 6.07 Å². The van der Waals surface area contributed by atoms with Crippen molar-refractivity contribution in [1.29, 1.82) is 0 Å². The topological polar surface area (TPSA) is 58.6 Å². The van der Waals surface area contributed by atoms with Crippen LogP contribution in [0.2, 0.25) is 0 Å². The molecule has 2 amide bonds. The van der Waals surface area contributed by atoms with Crippen LogP contribution in [0.3, 0.4) is 0 Å². The molecule has 7 heteroatoms. The average molecular weight is 360 g/mol. The quantitative estimate of drug-likeness (QED) is 0.910. The Morgan fingerprint density at radius 3 is 2.69 bits per heavy atom. The maximum atomic E-state index is 13.2. The van der Waals surface area contributed by atoms with E-state index >= 15 is 0 Å². The fraction of sp³-hybridized carbons (Fsp3) is 0.263. The van der Waals surface area contributed by atoms with Gasteiger partial charge in [0.15, 0.2) is 17.7 Å². The van der Waals surface area contributed by atoms with Crippen LogP contribution in [0.25, 0.3) is 0 Å². The van der Waals surface area contributed by atoms with E-state index in [0.717, 1.165) is 12.1 Å². The van der Waals surface area contributed by atoms with Gasteiger partial charge in [-0.15, -0.1) is 0 Å². The van der Waals surface area contributed by atoms with Crippen LogP contribution in [0.5, 0.6) is 5.75 Å². The summed E-state index contributed by atoms with van der Waals surface area (Å²) in [5, 5.41) is 2.73. The van der Waals surface area contributed by atoms with Crippen molar-refractivity contribution in [2.24, 2.45) is 0 Å². The summed E-state index contributed by atoms with van der Waals surface area (Å²) in [6.45, 7) is 1.68.